The lowest BCUT2D eigenvalue weighted by Gasteiger charge is -2.24. The molecule has 0 aliphatic carbocycles. The van der Waals surface area contributed by atoms with Gasteiger partial charge in [0, 0.05) is 6.42 Å². The van der Waals surface area contributed by atoms with Crippen molar-refractivity contribution in [3.63, 3.8) is 0 Å². The summed E-state index contributed by atoms with van der Waals surface area (Å²) in [5.41, 5.74) is 0.177. The van der Waals surface area contributed by atoms with Crippen molar-refractivity contribution in [1.29, 1.82) is 0 Å². The van der Waals surface area contributed by atoms with Gasteiger partial charge in [-0.2, -0.15) is 0 Å². The molecule has 1 aromatic carbocycles. The Bertz CT molecular complexity index is 369. The first kappa shape index (κ1) is 11.0. The van der Waals surface area contributed by atoms with E-state index in [0.717, 1.165) is 19.3 Å². The van der Waals surface area contributed by atoms with E-state index < -0.39 is 0 Å². The van der Waals surface area contributed by atoms with Crippen LogP contribution in [0.3, 0.4) is 0 Å². The Balaban J connectivity index is 2.13. The van der Waals surface area contributed by atoms with Gasteiger partial charge in [0.2, 0.25) is 0 Å². The molecule has 0 bridgehead atoms. The predicted molar refractivity (Wildman–Crippen MR) is 57.7 cm³/mol. The molecule has 1 aliphatic rings. The average Bonchev–Trinajstić information content (AvgIpc) is 2.31. The zero-order valence-electron chi connectivity index (χ0n) is 8.89. The molecular weight excluding hydrogens is 208 g/mol. The Morgan fingerprint density at radius 2 is 2.31 bits per heavy atom. The van der Waals surface area contributed by atoms with Crippen LogP contribution in [-0.4, -0.2) is 24.3 Å². The molecule has 1 fully saturated rings. The molecule has 1 unspecified atom stereocenters. The van der Waals surface area contributed by atoms with Crippen LogP contribution >= 0.6 is 0 Å². The molecule has 4 heteroatoms. The van der Waals surface area contributed by atoms with Crippen LogP contribution in [0.5, 0.6) is 11.5 Å². The second-order valence-corrected chi connectivity index (χ2v) is 3.72. The standard InChI is InChI=1S/C12H14O4/c13-8-9-10(14)4-3-5-11(9)16-12-6-1-2-7-15-12/h3-5,8,12,14H,1-2,6-7H2. The third kappa shape index (κ3) is 2.33. The molecule has 86 valence electrons. The fourth-order valence-corrected chi connectivity index (χ4v) is 1.70. The summed E-state index contributed by atoms with van der Waals surface area (Å²) in [5.74, 6) is 0.310. The van der Waals surface area contributed by atoms with Crippen molar-refractivity contribution in [3.8, 4) is 11.5 Å². The Kier molecular flexibility index (Phi) is 3.41. The summed E-state index contributed by atoms with van der Waals surface area (Å²) < 4.78 is 10.9. The number of carbonyl (C=O) groups is 1. The van der Waals surface area contributed by atoms with Gasteiger partial charge in [0.25, 0.3) is 0 Å². The van der Waals surface area contributed by atoms with Crippen LogP contribution in [0, 0.1) is 0 Å². The fraction of sp³-hybridized carbons (Fsp3) is 0.417. The number of rotatable bonds is 3. The maximum absolute atomic E-state index is 10.8. The Labute approximate surface area is 93.8 Å². The van der Waals surface area contributed by atoms with Gasteiger partial charge in [-0.3, -0.25) is 4.79 Å². The first-order valence-corrected chi connectivity index (χ1v) is 5.36. The van der Waals surface area contributed by atoms with Crippen molar-refractivity contribution in [3.05, 3.63) is 23.8 Å². The molecule has 0 spiro atoms. The second-order valence-electron chi connectivity index (χ2n) is 3.72. The Morgan fingerprint density at radius 3 is 3.00 bits per heavy atom. The minimum Gasteiger partial charge on any atom is -0.507 e. The first-order chi connectivity index (χ1) is 7.81. The minimum absolute atomic E-state index is 0.0664. The summed E-state index contributed by atoms with van der Waals surface area (Å²) >= 11 is 0. The molecule has 1 saturated heterocycles. The SMILES string of the molecule is O=Cc1c(O)cccc1OC1CCCCO1. The van der Waals surface area contributed by atoms with Crippen molar-refractivity contribution in [2.45, 2.75) is 25.6 Å². The van der Waals surface area contributed by atoms with Crippen LogP contribution in [-0.2, 0) is 4.74 Å². The third-order valence-electron chi connectivity index (χ3n) is 2.56. The lowest BCUT2D eigenvalue weighted by Crippen LogP contribution is -2.25. The molecule has 0 amide bonds. The molecule has 1 aromatic rings. The molecule has 0 aromatic heterocycles. The number of benzene rings is 1. The molecule has 1 heterocycles. The largest absolute Gasteiger partial charge is 0.507 e. The summed E-state index contributed by atoms with van der Waals surface area (Å²) in [7, 11) is 0. The number of hydrogen-bond acceptors (Lipinski definition) is 4. The summed E-state index contributed by atoms with van der Waals surface area (Å²) in [6, 6.07) is 4.75. The van der Waals surface area contributed by atoms with Crippen LogP contribution in [0.15, 0.2) is 18.2 Å². The molecule has 2 rings (SSSR count). The van der Waals surface area contributed by atoms with E-state index in [2.05, 4.69) is 0 Å². The number of aldehydes is 1. The average molecular weight is 222 g/mol. The quantitative estimate of drug-likeness (QED) is 0.796. The topological polar surface area (TPSA) is 55.8 Å². The Hall–Kier alpha value is -1.55. The van der Waals surface area contributed by atoms with Crippen LogP contribution < -0.4 is 4.74 Å². The number of aromatic hydroxyl groups is 1. The van der Waals surface area contributed by atoms with Crippen molar-refractivity contribution in [2.75, 3.05) is 6.61 Å². The summed E-state index contributed by atoms with van der Waals surface area (Å²) in [4.78, 5) is 10.8. The van der Waals surface area contributed by atoms with Crippen LogP contribution in [0.25, 0.3) is 0 Å². The highest BCUT2D eigenvalue weighted by molar-refractivity contribution is 5.83. The van der Waals surface area contributed by atoms with Crippen molar-refractivity contribution in [2.24, 2.45) is 0 Å². The number of phenols is 1. The monoisotopic (exact) mass is 222 g/mol. The van der Waals surface area contributed by atoms with E-state index in [4.69, 9.17) is 9.47 Å². The van der Waals surface area contributed by atoms with E-state index in [-0.39, 0.29) is 17.6 Å². The van der Waals surface area contributed by atoms with Crippen molar-refractivity contribution < 1.29 is 19.4 Å². The zero-order valence-corrected chi connectivity index (χ0v) is 8.89. The highest BCUT2D eigenvalue weighted by Crippen LogP contribution is 2.28. The minimum atomic E-state index is -0.311. The molecular formula is C12H14O4. The normalized spacial score (nSPS) is 20.4. The van der Waals surface area contributed by atoms with Gasteiger partial charge in [-0.1, -0.05) is 6.07 Å². The smallest absolute Gasteiger partial charge is 0.199 e. The van der Waals surface area contributed by atoms with Crippen LogP contribution in [0.2, 0.25) is 0 Å². The maximum atomic E-state index is 10.8. The zero-order chi connectivity index (χ0) is 11.4. The molecule has 1 atom stereocenters. The van der Waals surface area contributed by atoms with Gasteiger partial charge in [-0.15, -0.1) is 0 Å². The highest BCUT2D eigenvalue weighted by atomic mass is 16.7. The van der Waals surface area contributed by atoms with Gasteiger partial charge < -0.3 is 14.6 Å². The summed E-state index contributed by atoms with van der Waals surface area (Å²) in [6.07, 6.45) is 3.19. The van der Waals surface area contributed by atoms with Gasteiger partial charge in [0.15, 0.2) is 12.6 Å². The van der Waals surface area contributed by atoms with Gasteiger partial charge in [0.1, 0.15) is 11.5 Å². The van der Waals surface area contributed by atoms with Gasteiger partial charge in [0.05, 0.1) is 12.2 Å². The predicted octanol–water partition coefficient (Wildman–Crippen LogP) is 2.11. The number of hydrogen-bond donors (Lipinski definition) is 1. The Morgan fingerprint density at radius 1 is 1.44 bits per heavy atom. The van der Waals surface area contributed by atoms with Gasteiger partial charge in [-0.05, 0) is 25.0 Å². The van der Waals surface area contributed by atoms with Crippen molar-refractivity contribution >= 4 is 6.29 Å². The number of carbonyl (C=O) groups excluding carboxylic acids is 1. The number of phenolic OH excluding ortho intramolecular Hbond substituents is 1. The van der Waals surface area contributed by atoms with E-state index in [1.807, 2.05) is 0 Å². The lowest BCUT2D eigenvalue weighted by atomic mass is 10.2. The highest BCUT2D eigenvalue weighted by Gasteiger charge is 2.17. The van der Waals surface area contributed by atoms with Crippen LogP contribution in [0.4, 0.5) is 0 Å². The van der Waals surface area contributed by atoms with E-state index >= 15 is 0 Å². The lowest BCUT2D eigenvalue weighted by molar-refractivity contribution is -0.106. The summed E-state index contributed by atoms with van der Waals surface area (Å²) in [5, 5.41) is 9.47. The molecule has 16 heavy (non-hydrogen) atoms. The number of ether oxygens (including phenoxy) is 2. The molecule has 0 saturated carbocycles. The molecule has 0 radical (unpaired) electrons. The summed E-state index contributed by atoms with van der Waals surface area (Å²) in [6.45, 7) is 0.680. The van der Waals surface area contributed by atoms with E-state index in [1.165, 1.54) is 6.07 Å². The third-order valence-corrected chi connectivity index (χ3v) is 2.56. The first-order valence-electron chi connectivity index (χ1n) is 5.36. The molecule has 1 aliphatic heterocycles. The van der Waals surface area contributed by atoms with Gasteiger partial charge >= 0.3 is 0 Å². The fourth-order valence-electron chi connectivity index (χ4n) is 1.70. The molecule has 4 nitrogen and oxygen atoms in total. The van der Waals surface area contributed by atoms with Crippen LogP contribution in [0.1, 0.15) is 29.6 Å². The van der Waals surface area contributed by atoms with Gasteiger partial charge in [-0.25, -0.2) is 0 Å². The second kappa shape index (κ2) is 4.99. The van der Waals surface area contributed by atoms with E-state index in [1.54, 1.807) is 12.1 Å². The van der Waals surface area contributed by atoms with Crippen molar-refractivity contribution in [1.82, 2.24) is 0 Å². The van der Waals surface area contributed by atoms with E-state index in [9.17, 15) is 9.90 Å². The molecule has 1 N–H and O–H groups in total. The van der Waals surface area contributed by atoms with E-state index in [0.29, 0.717) is 18.6 Å². The maximum Gasteiger partial charge on any atom is 0.199 e.